The summed E-state index contributed by atoms with van der Waals surface area (Å²) >= 11 is 1.72. The van der Waals surface area contributed by atoms with Crippen molar-refractivity contribution in [3.05, 3.63) is 39.8 Å². The lowest BCUT2D eigenvalue weighted by molar-refractivity contribution is 0.391. The van der Waals surface area contributed by atoms with E-state index in [1.807, 2.05) is 18.2 Å². The van der Waals surface area contributed by atoms with Crippen LogP contribution in [0.3, 0.4) is 0 Å². The van der Waals surface area contributed by atoms with E-state index in [0.717, 1.165) is 54.6 Å². The van der Waals surface area contributed by atoms with Gasteiger partial charge in [0.1, 0.15) is 11.5 Å². The summed E-state index contributed by atoms with van der Waals surface area (Å²) in [7, 11) is 3.30. The molecule has 0 spiro atoms. The van der Waals surface area contributed by atoms with Crippen LogP contribution in [0.1, 0.15) is 30.1 Å². The van der Waals surface area contributed by atoms with Gasteiger partial charge in [-0.05, 0) is 25.5 Å². The van der Waals surface area contributed by atoms with Crippen molar-refractivity contribution in [2.24, 2.45) is 4.99 Å². The largest absolute Gasteiger partial charge is 0.497 e. The Bertz CT molecular complexity index is 721. The first kappa shape index (κ1) is 23.5. The van der Waals surface area contributed by atoms with Gasteiger partial charge in [-0.2, -0.15) is 0 Å². The van der Waals surface area contributed by atoms with Gasteiger partial charge in [-0.25, -0.2) is 9.98 Å². The van der Waals surface area contributed by atoms with Crippen LogP contribution >= 0.6 is 35.3 Å². The molecule has 8 heteroatoms. The van der Waals surface area contributed by atoms with E-state index < -0.39 is 0 Å². The molecule has 1 aromatic carbocycles. The van der Waals surface area contributed by atoms with Crippen molar-refractivity contribution in [2.45, 2.75) is 33.2 Å². The molecule has 0 aliphatic rings. The molecule has 6 nitrogen and oxygen atoms in total. The highest BCUT2D eigenvalue weighted by Crippen LogP contribution is 2.25. The molecule has 1 heterocycles. The Balaban J connectivity index is 0.00000364. The van der Waals surface area contributed by atoms with Gasteiger partial charge in [0.2, 0.25) is 0 Å². The highest BCUT2D eigenvalue weighted by molar-refractivity contribution is 14.0. The predicted octanol–water partition coefficient (Wildman–Crippen LogP) is 3.64. The van der Waals surface area contributed by atoms with E-state index in [0.29, 0.717) is 6.54 Å². The van der Waals surface area contributed by atoms with Gasteiger partial charge in [0.05, 0.1) is 31.5 Å². The molecular weight excluding hydrogens is 475 g/mol. The van der Waals surface area contributed by atoms with Crippen LogP contribution in [0.2, 0.25) is 0 Å². The number of ether oxygens (including phenoxy) is 2. The van der Waals surface area contributed by atoms with E-state index in [1.165, 1.54) is 5.01 Å². The van der Waals surface area contributed by atoms with Crippen LogP contribution in [-0.2, 0) is 19.4 Å². The number of aliphatic imine (C=N–C) groups is 1. The molecule has 2 aromatic rings. The lowest BCUT2D eigenvalue weighted by atomic mass is 10.2. The third kappa shape index (κ3) is 7.53. The van der Waals surface area contributed by atoms with Crippen LogP contribution in [0.25, 0.3) is 0 Å². The number of benzene rings is 1. The number of aromatic nitrogens is 1. The molecule has 0 saturated heterocycles. The maximum absolute atomic E-state index is 5.43. The van der Waals surface area contributed by atoms with Gasteiger partial charge < -0.3 is 20.1 Å². The minimum absolute atomic E-state index is 0. The summed E-state index contributed by atoms with van der Waals surface area (Å²) in [6, 6.07) is 5.77. The van der Waals surface area contributed by atoms with Crippen LogP contribution < -0.4 is 20.1 Å². The van der Waals surface area contributed by atoms with Crippen molar-refractivity contribution in [3.8, 4) is 11.5 Å². The second kappa shape index (κ2) is 12.8. The van der Waals surface area contributed by atoms with Crippen molar-refractivity contribution in [1.82, 2.24) is 15.6 Å². The first-order valence-corrected chi connectivity index (χ1v) is 9.74. The maximum atomic E-state index is 5.43. The highest BCUT2D eigenvalue weighted by atomic mass is 127. The molecule has 0 fully saturated rings. The Morgan fingerprint density at radius 1 is 1.19 bits per heavy atom. The molecule has 0 saturated carbocycles. The first-order valence-electron chi connectivity index (χ1n) is 8.86. The smallest absolute Gasteiger partial charge is 0.191 e. The van der Waals surface area contributed by atoms with Gasteiger partial charge >= 0.3 is 0 Å². The number of nitrogens with zero attached hydrogens (tertiary/aromatic N) is 2. The monoisotopic (exact) mass is 504 g/mol. The number of guanidine groups is 1. The van der Waals surface area contributed by atoms with E-state index in [1.54, 1.807) is 25.6 Å². The summed E-state index contributed by atoms with van der Waals surface area (Å²) in [6.07, 6.45) is 1.87. The molecule has 150 valence electrons. The zero-order valence-corrected chi connectivity index (χ0v) is 19.5. The minimum Gasteiger partial charge on any atom is -0.497 e. The first-order chi connectivity index (χ1) is 12.7. The molecule has 2 N–H and O–H groups in total. The number of halogens is 1. The van der Waals surface area contributed by atoms with E-state index in [2.05, 4.69) is 39.8 Å². The number of thiazole rings is 1. The average Bonchev–Trinajstić information content (AvgIpc) is 3.14. The molecule has 0 atom stereocenters. The number of nitrogens with one attached hydrogen (secondary N) is 2. The molecule has 2 rings (SSSR count). The van der Waals surface area contributed by atoms with Crippen molar-refractivity contribution in [3.63, 3.8) is 0 Å². The second-order valence-electron chi connectivity index (χ2n) is 5.64. The predicted molar refractivity (Wildman–Crippen MR) is 123 cm³/mol. The zero-order chi connectivity index (χ0) is 18.8. The molecule has 0 aliphatic carbocycles. The highest BCUT2D eigenvalue weighted by Gasteiger charge is 2.06. The quantitative estimate of drug-likeness (QED) is 0.310. The Kier molecular flexibility index (Phi) is 11.1. The Morgan fingerprint density at radius 3 is 2.63 bits per heavy atom. The van der Waals surface area contributed by atoms with Crippen LogP contribution in [0, 0.1) is 0 Å². The van der Waals surface area contributed by atoms with E-state index in [-0.39, 0.29) is 24.0 Å². The molecule has 0 radical (unpaired) electrons. The van der Waals surface area contributed by atoms with Crippen molar-refractivity contribution < 1.29 is 9.47 Å². The molecule has 0 aliphatic heterocycles. The van der Waals surface area contributed by atoms with E-state index in [9.17, 15) is 0 Å². The standard InChI is InChI=1S/C19H28N4O2S.HI/c1-5-18-23-15(13-26-18)9-10-21-19(20-6-2)22-12-14-7-8-16(24-3)11-17(14)25-4;/h7-8,11,13H,5-6,9-10,12H2,1-4H3,(H2,20,21,22);1H. The molecule has 0 amide bonds. The lowest BCUT2D eigenvalue weighted by Crippen LogP contribution is -2.38. The van der Waals surface area contributed by atoms with Gasteiger partial charge in [-0.3, -0.25) is 0 Å². The molecular formula is C19H29IN4O2S. The third-order valence-corrected chi connectivity index (χ3v) is 4.86. The molecule has 27 heavy (non-hydrogen) atoms. The Labute approximate surface area is 182 Å². The topological polar surface area (TPSA) is 67.8 Å². The summed E-state index contributed by atoms with van der Waals surface area (Å²) < 4.78 is 10.7. The number of rotatable bonds is 9. The van der Waals surface area contributed by atoms with Crippen LogP contribution in [-0.4, -0.2) is 38.3 Å². The second-order valence-corrected chi connectivity index (χ2v) is 6.58. The average molecular weight is 504 g/mol. The molecule has 0 unspecified atom stereocenters. The number of methoxy groups -OCH3 is 2. The van der Waals surface area contributed by atoms with Crippen molar-refractivity contribution in [2.75, 3.05) is 27.3 Å². The minimum atomic E-state index is 0. The number of hydrogen-bond acceptors (Lipinski definition) is 5. The van der Waals surface area contributed by atoms with Crippen LogP contribution in [0.4, 0.5) is 0 Å². The van der Waals surface area contributed by atoms with E-state index >= 15 is 0 Å². The summed E-state index contributed by atoms with van der Waals surface area (Å²) in [6.45, 7) is 6.31. The van der Waals surface area contributed by atoms with Crippen LogP contribution in [0.15, 0.2) is 28.6 Å². The third-order valence-electron chi connectivity index (χ3n) is 3.82. The van der Waals surface area contributed by atoms with Crippen molar-refractivity contribution >= 4 is 41.3 Å². The fourth-order valence-corrected chi connectivity index (χ4v) is 3.20. The molecule has 1 aromatic heterocycles. The summed E-state index contributed by atoms with van der Waals surface area (Å²) in [5, 5.41) is 9.95. The zero-order valence-electron chi connectivity index (χ0n) is 16.4. The summed E-state index contributed by atoms with van der Waals surface area (Å²) in [4.78, 5) is 9.25. The van der Waals surface area contributed by atoms with Crippen LogP contribution in [0.5, 0.6) is 11.5 Å². The normalized spacial score (nSPS) is 10.9. The van der Waals surface area contributed by atoms with Gasteiger partial charge in [0, 0.05) is 36.5 Å². The summed E-state index contributed by atoms with van der Waals surface area (Å²) in [5.74, 6) is 2.34. The Hall–Kier alpha value is -1.55. The van der Waals surface area contributed by atoms with Gasteiger partial charge in [-0.15, -0.1) is 35.3 Å². The summed E-state index contributed by atoms with van der Waals surface area (Å²) in [5.41, 5.74) is 2.14. The Morgan fingerprint density at radius 2 is 2.00 bits per heavy atom. The molecule has 0 bridgehead atoms. The van der Waals surface area contributed by atoms with Gasteiger partial charge in [-0.1, -0.05) is 6.92 Å². The SMILES string of the molecule is CCNC(=NCc1ccc(OC)cc1OC)NCCc1csc(CC)n1.I. The lowest BCUT2D eigenvalue weighted by Gasteiger charge is -2.12. The number of hydrogen-bond donors (Lipinski definition) is 2. The van der Waals surface area contributed by atoms with Gasteiger partial charge in [0.15, 0.2) is 5.96 Å². The van der Waals surface area contributed by atoms with Gasteiger partial charge in [0.25, 0.3) is 0 Å². The fraction of sp³-hybridized carbons (Fsp3) is 0.474. The van der Waals surface area contributed by atoms with Crippen molar-refractivity contribution in [1.29, 1.82) is 0 Å². The van der Waals surface area contributed by atoms with E-state index in [4.69, 9.17) is 9.47 Å². The fourth-order valence-electron chi connectivity index (χ4n) is 2.42. The maximum Gasteiger partial charge on any atom is 0.191 e. The number of aryl methyl sites for hydroxylation is 1.